The maximum absolute atomic E-state index is 12.0. The molecule has 0 bridgehead atoms. The Labute approximate surface area is 139 Å². The zero-order chi connectivity index (χ0) is 16.7. The van der Waals surface area contributed by atoms with Crippen molar-refractivity contribution >= 4 is 11.7 Å². The minimum absolute atomic E-state index is 0.143. The van der Waals surface area contributed by atoms with E-state index in [2.05, 4.69) is 29.4 Å². The van der Waals surface area contributed by atoms with Crippen molar-refractivity contribution in [3.63, 3.8) is 0 Å². The Morgan fingerprint density at radius 3 is 2.74 bits per heavy atom. The van der Waals surface area contributed by atoms with Gasteiger partial charge in [-0.25, -0.2) is 4.79 Å². The molecular formula is C18H29N3O2. The zero-order valence-corrected chi connectivity index (χ0v) is 14.5. The van der Waals surface area contributed by atoms with Gasteiger partial charge in [0.1, 0.15) is 5.75 Å². The molecule has 0 spiro atoms. The second kappa shape index (κ2) is 8.77. The molecule has 1 fully saturated rings. The molecule has 1 atom stereocenters. The van der Waals surface area contributed by atoms with Crippen LogP contribution in [0.25, 0.3) is 0 Å². The average Bonchev–Trinajstić information content (AvgIpc) is 2.55. The summed E-state index contributed by atoms with van der Waals surface area (Å²) in [5.74, 6) is 1.35. The second-order valence-electron chi connectivity index (χ2n) is 6.39. The van der Waals surface area contributed by atoms with Gasteiger partial charge in [0, 0.05) is 24.8 Å². The first-order chi connectivity index (χ1) is 11.1. The highest BCUT2D eigenvalue weighted by molar-refractivity contribution is 5.89. The molecule has 1 unspecified atom stereocenters. The van der Waals surface area contributed by atoms with Gasteiger partial charge in [-0.1, -0.05) is 0 Å². The van der Waals surface area contributed by atoms with Crippen LogP contribution in [0.15, 0.2) is 24.3 Å². The zero-order valence-electron chi connectivity index (χ0n) is 14.5. The number of benzene rings is 1. The number of piperidine rings is 1. The molecule has 1 aliphatic heterocycles. The van der Waals surface area contributed by atoms with Gasteiger partial charge in [-0.3, -0.25) is 0 Å². The highest BCUT2D eigenvalue weighted by Crippen LogP contribution is 2.18. The molecule has 0 radical (unpaired) electrons. The number of nitrogens with zero attached hydrogens (tertiary/aromatic N) is 1. The van der Waals surface area contributed by atoms with Crippen LogP contribution in [-0.4, -0.2) is 43.2 Å². The summed E-state index contributed by atoms with van der Waals surface area (Å²) in [5, 5.41) is 5.86. The van der Waals surface area contributed by atoms with Crippen molar-refractivity contribution in [1.82, 2.24) is 10.2 Å². The lowest BCUT2D eigenvalue weighted by Crippen LogP contribution is -2.44. The van der Waals surface area contributed by atoms with Crippen LogP contribution in [0.2, 0.25) is 0 Å². The van der Waals surface area contributed by atoms with Crippen LogP contribution in [0.1, 0.15) is 33.6 Å². The number of anilines is 1. The van der Waals surface area contributed by atoms with Crippen molar-refractivity contribution in [3.8, 4) is 5.75 Å². The lowest BCUT2D eigenvalue weighted by Gasteiger charge is -2.35. The van der Waals surface area contributed by atoms with Gasteiger partial charge in [0.25, 0.3) is 0 Å². The highest BCUT2D eigenvalue weighted by atomic mass is 16.5. The maximum atomic E-state index is 12.0. The number of amides is 2. The standard InChI is InChI=1S/C18H29N3O2/c1-4-23-17-9-7-16(8-10-17)20-18(22)19-12-15-6-5-11-21(13-15)14(2)3/h7-10,14-15H,4-6,11-13H2,1-3H3,(H2,19,20,22). The first-order valence-electron chi connectivity index (χ1n) is 8.60. The van der Waals surface area contributed by atoms with E-state index in [-0.39, 0.29) is 6.03 Å². The quantitative estimate of drug-likeness (QED) is 0.845. The van der Waals surface area contributed by atoms with Crippen molar-refractivity contribution in [2.24, 2.45) is 5.92 Å². The molecule has 1 heterocycles. The van der Waals surface area contributed by atoms with Crippen molar-refractivity contribution in [1.29, 1.82) is 0 Å². The third-order valence-electron chi connectivity index (χ3n) is 4.26. The van der Waals surface area contributed by atoms with Gasteiger partial charge in [-0.15, -0.1) is 0 Å². The average molecular weight is 319 g/mol. The van der Waals surface area contributed by atoms with Crippen LogP contribution in [0.5, 0.6) is 5.75 Å². The van der Waals surface area contributed by atoms with Gasteiger partial charge in [0.2, 0.25) is 0 Å². The minimum Gasteiger partial charge on any atom is -0.494 e. The summed E-state index contributed by atoms with van der Waals surface area (Å²) in [6.45, 7) is 10.0. The number of ether oxygens (including phenoxy) is 1. The van der Waals surface area contributed by atoms with E-state index in [0.717, 1.165) is 24.5 Å². The fourth-order valence-corrected chi connectivity index (χ4v) is 2.95. The monoisotopic (exact) mass is 319 g/mol. The normalized spacial score (nSPS) is 18.7. The molecule has 1 aromatic rings. The first kappa shape index (κ1) is 17.6. The van der Waals surface area contributed by atoms with E-state index < -0.39 is 0 Å². The number of hydrogen-bond acceptors (Lipinski definition) is 3. The maximum Gasteiger partial charge on any atom is 0.319 e. The van der Waals surface area contributed by atoms with Crippen LogP contribution in [0, 0.1) is 5.92 Å². The molecule has 128 valence electrons. The molecule has 2 rings (SSSR count). The fourth-order valence-electron chi connectivity index (χ4n) is 2.95. The third-order valence-corrected chi connectivity index (χ3v) is 4.26. The molecule has 1 aliphatic rings. The summed E-state index contributed by atoms with van der Waals surface area (Å²) in [7, 11) is 0. The van der Waals surface area contributed by atoms with E-state index in [1.54, 1.807) is 0 Å². The summed E-state index contributed by atoms with van der Waals surface area (Å²) in [6, 6.07) is 7.87. The Hall–Kier alpha value is -1.75. The van der Waals surface area contributed by atoms with Crippen LogP contribution in [-0.2, 0) is 0 Å². The number of likely N-dealkylation sites (tertiary alicyclic amines) is 1. The summed E-state index contributed by atoms with van der Waals surface area (Å²) in [6.07, 6.45) is 2.40. The number of urea groups is 1. The number of carbonyl (C=O) groups excluding carboxylic acids is 1. The number of hydrogen-bond donors (Lipinski definition) is 2. The van der Waals surface area contributed by atoms with Crippen LogP contribution in [0.3, 0.4) is 0 Å². The van der Waals surface area contributed by atoms with Gasteiger partial charge >= 0.3 is 6.03 Å². The lowest BCUT2D eigenvalue weighted by atomic mass is 9.97. The van der Waals surface area contributed by atoms with Crippen LogP contribution < -0.4 is 15.4 Å². The Morgan fingerprint density at radius 2 is 2.09 bits per heavy atom. The smallest absolute Gasteiger partial charge is 0.319 e. The second-order valence-corrected chi connectivity index (χ2v) is 6.39. The van der Waals surface area contributed by atoms with Crippen LogP contribution in [0.4, 0.5) is 10.5 Å². The summed E-state index contributed by atoms with van der Waals surface area (Å²) < 4.78 is 5.39. The largest absolute Gasteiger partial charge is 0.494 e. The Balaban J connectivity index is 1.74. The minimum atomic E-state index is -0.143. The molecule has 2 N–H and O–H groups in total. The molecular weight excluding hydrogens is 290 g/mol. The molecule has 1 saturated heterocycles. The van der Waals surface area contributed by atoms with Gasteiger partial charge in [-0.2, -0.15) is 0 Å². The van der Waals surface area contributed by atoms with E-state index in [4.69, 9.17) is 4.74 Å². The SMILES string of the molecule is CCOc1ccc(NC(=O)NCC2CCCN(C(C)C)C2)cc1. The van der Waals surface area contributed by atoms with Crippen molar-refractivity contribution in [3.05, 3.63) is 24.3 Å². The number of nitrogens with one attached hydrogen (secondary N) is 2. The van der Waals surface area contributed by atoms with Gasteiger partial charge < -0.3 is 20.3 Å². The molecule has 0 saturated carbocycles. The van der Waals surface area contributed by atoms with E-state index in [1.165, 1.54) is 19.4 Å². The molecule has 5 heteroatoms. The Morgan fingerprint density at radius 1 is 1.35 bits per heavy atom. The number of carbonyl (C=O) groups is 1. The first-order valence-corrected chi connectivity index (χ1v) is 8.60. The predicted octanol–water partition coefficient (Wildman–Crippen LogP) is 3.33. The predicted molar refractivity (Wildman–Crippen MR) is 94.1 cm³/mol. The van der Waals surface area contributed by atoms with Crippen molar-refractivity contribution in [2.75, 3.05) is 31.6 Å². The summed E-state index contributed by atoms with van der Waals surface area (Å²) in [4.78, 5) is 14.5. The summed E-state index contributed by atoms with van der Waals surface area (Å²) >= 11 is 0. The lowest BCUT2D eigenvalue weighted by molar-refractivity contribution is 0.139. The van der Waals surface area contributed by atoms with Crippen molar-refractivity contribution < 1.29 is 9.53 Å². The van der Waals surface area contributed by atoms with Gasteiger partial charge in [-0.05, 0) is 70.3 Å². The van der Waals surface area contributed by atoms with E-state index in [0.29, 0.717) is 18.6 Å². The Bertz CT molecular complexity index is 488. The van der Waals surface area contributed by atoms with Gasteiger partial charge in [0.05, 0.1) is 6.61 Å². The molecule has 0 aliphatic carbocycles. The third kappa shape index (κ3) is 5.75. The fraction of sp³-hybridized carbons (Fsp3) is 0.611. The summed E-state index contributed by atoms with van der Waals surface area (Å²) in [5.41, 5.74) is 0.776. The number of rotatable bonds is 6. The van der Waals surface area contributed by atoms with E-state index >= 15 is 0 Å². The molecule has 23 heavy (non-hydrogen) atoms. The molecule has 5 nitrogen and oxygen atoms in total. The topological polar surface area (TPSA) is 53.6 Å². The van der Waals surface area contributed by atoms with Gasteiger partial charge in [0.15, 0.2) is 0 Å². The highest BCUT2D eigenvalue weighted by Gasteiger charge is 2.21. The van der Waals surface area contributed by atoms with E-state index in [9.17, 15) is 4.79 Å². The molecule has 1 aromatic carbocycles. The molecule has 2 amide bonds. The Kier molecular flexibility index (Phi) is 6.71. The van der Waals surface area contributed by atoms with Crippen LogP contribution >= 0.6 is 0 Å². The van der Waals surface area contributed by atoms with E-state index in [1.807, 2.05) is 31.2 Å². The van der Waals surface area contributed by atoms with Crippen molar-refractivity contribution in [2.45, 2.75) is 39.7 Å². The molecule has 0 aromatic heterocycles.